The first kappa shape index (κ1) is 21.4. The summed E-state index contributed by atoms with van der Waals surface area (Å²) in [6.45, 7) is 6.39. The van der Waals surface area contributed by atoms with Crippen LogP contribution in [0.5, 0.6) is 11.5 Å². The highest BCUT2D eigenvalue weighted by molar-refractivity contribution is 14.0. The molecular formula is C18H28IN3O3S. The number of fused-ring (bicyclic) bond motifs is 1. The van der Waals surface area contributed by atoms with Crippen LogP contribution < -0.4 is 20.1 Å². The van der Waals surface area contributed by atoms with Crippen molar-refractivity contribution in [3.63, 3.8) is 0 Å². The molecule has 0 aromatic heterocycles. The summed E-state index contributed by atoms with van der Waals surface area (Å²) in [5.74, 6) is 2.45. The zero-order chi connectivity index (χ0) is 17.5. The summed E-state index contributed by atoms with van der Waals surface area (Å²) < 4.78 is 16.5. The van der Waals surface area contributed by atoms with Crippen molar-refractivity contribution in [2.24, 2.45) is 4.99 Å². The van der Waals surface area contributed by atoms with Crippen molar-refractivity contribution >= 4 is 41.7 Å². The van der Waals surface area contributed by atoms with Crippen LogP contribution in [0, 0.1) is 0 Å². The number of halogens is 1. The highest BCUT2D eigenvalue weighted by atomic mass is 127. The Kier molecular flexibility index (Phi) is 8.62. The Balaban J connectivity index is 0.00000243. The van der Waals surface area contributed by atoms with Gasteiger partial charge in [0.2, 0.25) is 6.79 Å². The van der Waals surface area contributed by atoms with E-state index in [0.717, 1.165) is 62.2 Å². The van der Waals surface area contributed by atoms with Crippen molar-refractivity contribution in [1.82, 2.24) is 10.6 Å². The van der Waals surface area contributed by atoms with E-state index in [1.54, 1.807) is 0 Å². The minimum absolute atomic E-state index is 0. The Morgan fingerprint density at radius 3 is 2.69 bits per heavy atom. The maximum Gasteiger partial charge on any atom is 0.231 e. The molecule has 0 amide bonds. The van der Waals surface area contributed by atoms with Crippen LogP contribution in [0.15, 0.2) is 23.2 Å². The topological polar surface area (TPSA) is 64.1 Å². The van der Waals surface area contributed by atoms with Crippen LogP contribution in [0.25, 0.3) is 0 Å². The standard InChI is InChI=1S/C18H27N3O3S.HI/c1-3-19-17(21-12-18(25-2)6-8-22-9-7-18)20-11-14-4-5-15-16(10-14)24-13-23-15;/h4-5,10H,3,6-9,11-13H2,1-2H3,(H2,19,20,21);1H. The number of nitrogens with one attached hydrogen (secondary N) is 2. The largest absolute Gasteiger partial charge is 0.454 e. The monoisotopic (exact) mass is 493 g/mol. The molecule has 2 N–H and O–H groups in total. The second-order valence-electron chi connectivity index (χ2n) is 6.24. The molecule has 0 saturated carbocycles. The average molecular weight is 493 g/mol. The molecule has 26 heavy (non-hydrogen) atoms. The minimum Gasteiger partial charge on any atom is -0.454 e. The van der Waals surface area contributed by atoms with Gasteiger partial charge in [-0.3, -0.25) is 0 Å². The van der Waals surface area contributed by atoms with Gasteiger partial charge in [-0.05, 0) is 43.7 Å². The van der Waals surface area contributed by atoms with Crippen molar-refractivity contribution < 1.29 is 14.2 Å². The van der Waals surface area contributed by atoms with Gasteiger partial charge in [-0.1, -0.05) is 6.07 Å². The second-order valence-corrected chi connectivity index (χ2v) is 7.51. The summed E-state index contributed by atoms with van der Waals surface area (Å²) >= 11 is 1.93. The number of hydrogen-bond acceptors (Lipinski definition) is 5. The molecular weight excluding hydrogens is 465 g/mol. The smallest absolute Gasteiger partial charge is 0.231 e. The first-order chi connectivity index (χ1) is 12.2. The maximum atomic E-state index is 5.51. The predicted octanol–water partition coefficient (Wildman–Crippen LogP) is 3.00. The first-order valence-corrected chi connectivity index (χ1v) is 10.0. The first-order valence-electron chi connectivity index (χ1n) is 8.78. The van der Waals surface area contributed by atoms with Crippen LogP contribution in [0.4, 0.5) is 0 Å². The Labute approximate surface area is 176 Å². The van der Waals surface area contributed by atoms with Crippen molar-refractivity contribution in [3.05, 3.63) is 23.8 Å². The molecule has 1 saturated heterocycles. The Morgan fingerprint density at radius 2 is 1.96 bits per heavy atom. The molecule has 2 aliphatic heterocycles. The van der Waals surface area contributed by atoms with Crippen LogP contribution in [0.1, 0.15) is 25.3 Å². The third kappa shape index (κ3) is 5.56. The van der Waals surface area contributed by atoms with Crippen molar-refractivity contribution in [3.8, 4) is 11.5 Å². The van der Waals surface area contributed by atoms with Gasteiger partial charge in [0.25, 0.3) is 0 Å². The van der Waals surface area contributed by atoms with Gasteiger partial charge in [0, 0.05) is 31.1 Å². The van der Waals surface area contributed by atoms with E-state index in [-0.39, 0.29) is 28.7 Å². The second kappa shape index (κ2) is 10.5. The van der Waals surface area contributed by atoms with Crippen LogP contribution in [-0.2, 0) is 11.3 Å². The summed E-state index contributed by atoms with van der Waals surface area (Å²) in [5.41, 5.74) is 1.10. The quantitative estimate of drug-likeness (QED) is 0.361. The molecule has 1 aromatic rings. The lowest BCUT2D eigenvalue weighted by molar-refractivity contribution is 0.0783. The summed E-state index contributed by atoms with van der Waals surface area (Å²) in [4.78, 5) is 4.72. The fraction of sp³-hybridized carbons (Fsp3) is 0.611. The van der Waals surface area contributed by atoms with Crippen LogP contribution >= 0.6 is 35.7 Å². The zero-order valence-electron chi connectivity index (χ0n) is 15.4. The third-order valence-corrected chi connectivity index (χ3v) is 6.03. The molecule has 0 spiro atoms. The molecule has 0 atom stereocenters. The Bertz CT molecular complexity index is 609. The number of guanidine groups is 1. The van der Waals surface area contributed by atoms with Gasteiger partial charge in [-0.2, -0.15) is 11.8 Å². The van der Waals surface area contributed by atoms with Crippen molar-refractivity contribution in [1.29, 1.82) is 0 Å². The molecule has 6 nitrogen and oxygen atoms in total. The summed E-state index contributed by atoms with van der Waals surface area (Å²) in [7, 11) is 0. The molecule has 1 aromatic carbocycles. The molecule has 0 bridgehead atoms. The van der Waals surface area contributed by atoms with Gasteiger partial charge in [-0.15, -0.1) is 24.0 Å². The number of aliphatic imine (C=N–C) groups is 1. The van der Waals surface area contributed by atoms with E-state index in [4.69, 9.17) is 19.2 Å². The van der Waals surface area contributed by atoms with Crippen molar-refractivity contribution in [2.45, 2.75) is 31.1 Å². The number of rotatable bonds is 6. The maximum absolute atomic E-state index is 5.51. The molecule has 1 fully saturated rings. The lowest BCUT2D eigenvalue weighted by atomic mass is 9.99. The minimum atomic E-state index is 0. The van der Waals surface area contributed by atoms with Crippen molar-refractivity contribution in [2.75, 3.05) is 39.4 Å². The predicted molar refractivity (Wildman–Crippen MR) is 117 cm³/mol. The lowest BCUT2D eigenvalue weighted by Crippen LogP contribution is -2.47. The number of thioether (sulfide) groups is 1. The summed E-state index contributed by atoms with van der Waals surface area (Å²) in [6.07, 6.45) is 4.33. The van der Waals surface area contributed by atoms with E-state index in [9.17, 15) is 0 Å². The van der Waals surface area contributed by atoms with Gasteiger partial charge < -0.3 is 24.8 Å². The lowest BCUT2D eigenvalue weighted by Gasteiger charge is -2.36. The number of hydrogen-bond donors (Lipinski definition) is 2. The van der Waals surface area contributed by atoms with Gasteiger partial charge in [-0.25, -0.2) is 4.99 Å². The van der Waals surface area contributed by atoms with E-state index in [0.29, 0.717) is 13.3 Å². The van der Waals surface area contributed by atoms with E-state index in [1.165, 1.54) is 0 Å². The zero-order valence-corrected chi connectivity index (χ0v) is 18.5. The van der Waals surface area contributed by atoms with Crippen LogP contribution in [0.3, 0.4) is 0 Å². The SMILES string of the molecule is CCNC(=NCc1ccc2c(c1)OCO2)NCC1(SC)CCOCC1.I. The third-order valence-electron chi connectivity index (χ3n) is 4.62. The molecule has 0 unspecified atom stereocenters. The number of ether oxygens (including phenoxy) is 3. The molecule has 2 aliphatic rings. The molecule has 3 rings (SSSR count). The summed E-state index contributed by atoms with van der Waals surface area (Å²) in [6, 6.07) is 5.97. The average Bonchev–Trinajstić information content (AvgIpc) is 3.12. The Hall–Kier alpha value is -0.870. The van der Waals surface area contributed by atoms with E-state index >= 15 is 0 Å². The van der Waals surface area contributed by atoms with E-state index in [1.807, 2.05) is 30.0 Å². The molecule has 2 heterocycles. The van der Waals surface area contributed by atoms with Crippen LogP contribution in [0.2, 0.25) is 0 Å². The van der Waals surface area contributed by atoms with E-state index < -0.39 is 0 Å². The molecule has 146 valence electrons. The highest BCUT2D eigenvalue weighted by Crippen LogP contribution is 2.33. The van der Waals surface area contributed by atoms with E-state index in [2.05, 4.69) is 23.8 Å². The molecule has 0 aliphatic carbocycles. The Morgan fingerprint density at radius 1 is 1.19 bits per heavy atom. The number of benzene rings is 1. The fourth-order valence-electron chi connectivity index (χ4n) is 2.99. The van der Waals surface area contributed by atoms with Gasteiger partial charge in [0.15, 0.2) is 17.5 Å². The normalized spacial score (nSPS) is 18.2. The summed E-state index contributed by atoms with van der Waals surface area (Å²) in [5, 5.41) is 6.84. The van der Waals surface area contributed by atoms with Gasteiger partial charge in [0.1, 0.15) is 0 Å². The van der Waals surface area contributed by atoms with Crippen LogP contribution in [-0.4, -0.2) is 50.1 Å². The molecule has 8 heteroatoms. The fourth-order valence-corrected chi connectivity index (χ4v) is 3.78. The number of nitrogens with zero attached hydrogens (tertiary/aromatic N) is 1. The molecule has 0 radical (unpaired) electrons. The van der Waals surface area contributed by atoms with Gasteiger partial charge in [0.05, 0.1) is 6.54 Å². The highest BCUT2D eigenvalue weighted by Gasteiger charge is 2.31. The van der Waals surface area contributed by atoms with Gasteiger partial charge >= 0.3 is 0 Å².